The van der Waals surface area contributed by atoms with Crippen LogP contribution in [-0.4, -0.2) is 18.7 Å². The van der Waals surface area contributed by atoms with Gasteiger partial charge in [0.05, 0.1) is 0 Å². The van der Waals surface area contributed by atoms with Gasteiger partial charge in [0.25, 0.3) is 0 Å². The molecule has 17 heavy (non-hydrogen) atoms. The van der Waals surface area contributed by atoms with Crippen molar-refractivity contribution in [3.05, 3.63) is 60.7 Å². The number of nitrogens with two attached hydrogens (primary N) is 2. The van der Waals surface area contributed by atoms with E-state index in [1.807, 2.05) is 18.2 Å². The molecule has 1 aromatic rings. The largest absolute Gasteiger partial charge is 0.383 e. The van der Waals surface area contributed by atoms with Gasteiger partial charge in [0.15, 0.2) is 5.84 Å². The summed E-state index contributed by atoms with van der Waals surface area (Å²) < 4.78 is 0. The lowest BCUT2D eigenvalue weighted by molar-refractivity contribution is 1.40. The first-order chi connectivity index (χ1) is 8.15. The molecule has 0 bridgehead atoms. The van der Waals surface area contributed by atoms with E-state index < -0.39 is 0 Å². The summed E-state index contributed by atoms with van der Waals surface area (Å²) in [5, 5.41) is 7.69. The van der Waals surface area contributed by atoms with Crippen LogP contribution in [-0.2, 0) is 0 Å². The molecule has 0 aliphatic rings. The van der Waals surface area contributed by atoms with Gasteiger partial charge in [-0.25, -0.2) is 4.99 Å². The Labute approximate surface area is 102 Å². The van der Waals surface area contributed by atoms with E-state index in [2.05, 4.69) is 23.9 Å². The molecule has 0 fully saturated rings. The Morgan fingerprint density at radius 1 is 1.29 bits per heavy atom. The molecule has 0 spiro atoms. The highest BCUT2D eigenvalue weighted by atomic mass is 14.9. The number of aliphatic imine (C=N–C) groups is 1. The lowest BCUT2D eigenvalue weighted by atomic mass is 10.2. The molecule has 0 aliphatic heterocycles. The van der Waals surface area contributed by atoms with Gasteiger partial charge in [-0.05, 0) is 7.05 Å². The van der Waals surface area contributed by atoms with E-state index in [4.69, 9.17) is 11.1 Å². The molecule has 0 aliphatic carbocycles. The number of hydrogen-bond donors (Lipinski definition) is 3. The summed E-state index contributed by atoms with van der Waals surface area (Å²) in [4.78, 5) is 3.92. The van der Waals surface area contributed by atoms with Gasteiger partial charge in [0, 0.05) is 11.1 Å². The first kappa shape index (κ1) is 14.8. The van der Waals surface area contributed by atoms with Gasteiger partial charge in [0.1, 0.15) is 5.84 Å². The second kappa shape index (κ2) is 8.01. The van der Waals surface area contributed by atoms with Gasteiger partial charge in [-0.1, -0.05) is 49.6 Å². The van der Waals surface area contributed by atoms with E-state index in [1.165, 1.54) is 13.1 Å². The number of amidine groups is 2. The summed E-state index contributed by atoms with van der Waals surface area (Å²) in [7, 11) is 1.50. The van der Waals surface area contributed by atoms with Gasteiger partial charge >= 0.3 is 0 Å². The minimum absolute atomic E-state index is 0.121. The maximum atomic E-state index is 7.69. The minimum Gasteiger partial charge on any atom is -0.383 e. The Kier molecular flexibility index (Phi) is 6.97. The highest BCUT2D eigenvalue weighted by molar-refractivity contribution is 6.10. The van der Waals surface area contributed by atoms with Crippen LogP contribution in [0.25, 0.3) is 0 Å². The van der Waals surface area contributed by atoms with Crippen molar-refractivity contribution in [2.75, 3.05) is 7.05 Å². The third-order valence-corrected chi connectivity index (χ3v) is 1.85. The topological polar surface area (TPSA) is 88.2 Å². The molecule has 90 valence electrons. The molecule has 0 saturated heterocycles. The molecule has 0 atom stereocenters. The van der Waals surface area contributed by atoms with Crippen LogP contribution < -0.4 is 11.5 Å². The van der Waals surface area contributed by atoms with Gasteiger partial charge in [-0.3, -0.25) is 5.41 Å². The summed E-state index contributed by atoms with van der Waals surface area (Å²) in [5.74, 6) is 0.343. The SMILES string of the molecule is C=CC(=C)C(N)=NC(=N)c1ccccc1.CN. The van der Waals surface area contributed by atoms with Crippen molar-refractivity contribution in [2.24, 2.45) is 16.5 Å². The monoisotopic (exact) mass is 230 g/mol. The quantitative estimate of drug-likeness (QED) is 0.419. The smallest absolute Gasteiger partial charge is 0.154 e. The third-order valence-electron chi connectivity index (χ3n) is 1.85. The standard InChI is InChI=1S/C12H13N3.CH5N/c1-3-9(2)11(13)15-12(14)10-7-5-4-6-8-10;1-2/h3-8H,1-2H2,(H3,13,14,15);2H2,1H3. The second-order valence-corrected chi connectivity index (χ2v) is 2.94. The molecule has 0 saturated carbocycles. The molecule has 0 heterocycles. The first-order valence-electron chi connectivity index (χ1n) is 5.02. The summed E-state index contributed by atoms with van der Waals surface area (Å²) in [6.45, 7) is 7.18. The molecule has 1 rings (SSSR count). The first-order valence-corrected chi connectivity index (χ1v) is 5.02. The number of nitrogens with one attached hydrogen (secondary N) is 1. The van der Waals surface area contributed by atoms with E-state index in [1.54, 1.807) is 12.1 Å². The summed E-state index contributed by atoms with van der Waals surface area (Å²) in [6.07, 6.45) is 1.51. The molecule has 4 nitrogen and oxygen atoms in total. The van der Waals surface area contributed by atoms with Gasteiger partial charge in [-0.2, -0.15) is 0 Å². The zero-order valence-electron chi connectivity index (χ0n) is 9.98. The Bertz CT molecular complexity index is 418. The molecular weight excluding hydrogens is 212 g/mol. The van der Waals surface area contributed by atoms with Crippen LogP contribution in [0.5, 0.6) is 0 Å². The van der Waals surface area contributed by atoms with E-state index in [-0.39, 0.29) is 11.7 Å². The maximum Gasteiger partial charge on any atom is 0.154 e. The van der Waals surface area contributed by atoms with Crippen LogP contribution in [0.15, 0.2) is 60.1 Å². The minimum atomic E-state index is 0.121. The predicted octanol–water partition coefficient (Wildman–Crippen LogP) is 1.69. The normalized spacial score (nSPS) is 9.88. The molecule has 4 heteroatoms. The highest BCUT2D eigenvalue weighted by Gasteiger charge is 2.00. The van der Waals surface area contributed by atoms with Crippen LogP contribution in [0, 0.1) is 5.41 Å². The van der Waals surface area contributed by atoms with Crippen LogP contribution >= 0.6 is 0 Å². The van der Waals surface area contributed by atoms with E-state index in [9.17, 15) is 0 Å². The van der Waals surface area contributed by atoms with Gasteiger partial charge < -0.3 is 11.5 Å². The predicted molar refractivity (Wildman–Crippen MR) is 74.3 cm³/mol. The van der Waals surface area contributed by atoms with Gasteiger partial charge in [-0.15, -0.1) is 0 Å². The van der Waals surface area contributed by atoms with Crippen molar-refractivity contribution in [1.29, 1.82) is 5.41 Å². The zero-order valence-corrected chi connectivity index (χ0v) is 9.98. The second-order valence-electron chi connectivity index (χ2n) is 2.94. The Morgan fingerprint density at radius 2 is 1.82 bits per heavy atom. The van der Waals surface area contributed by atoms with E-state index in [0.29, 0.717) is 5.57 Å². The average molecular weight is 230 g/mol. The summed E-state index contributed by atoms with van der Waals surface area (Å²) in [5.41, 5.74) is 11.3. The zero-order chi connectivity index (χ0) is 13.3. The fourth-order valence-corrected chi connectivity index (χ4v) is 0.957. The highest BCUT2D eigenvalue weighted by Crippen LogP contribution is 2.02. The van der Waals surface area contributed by atoms with Crippen molar-refractivity contribution in [1.82, 2.24) is 0 Å². The van der Waals surface area contributed by atoms with Crippen LogP contribution in [0.4, 0.5) is 0 Å². The summed E-state index contributed by atoms with van der Waals surface area (Å²) >= 11 is 0. The van der Waals surface area contributed by atoms with Crippen molar-refractivity contribution >= 4 is 11.7 Å². The van der Waals surface area contributed by atoms with E-state index in [0.717, 1.165) is 5.56 Å². The summed E-state index contributed by atoms with van der Waals surface area (Å²) in [6, 6.07) is 9.17. The number of nitrogens with zero attached hydrogens (tertiary/aromatic N) is 1. The third kappa shape index (κ3) is 4.90. The Morgan fingerprint density at radius 3 is 2.29 bits per heavy atom. The molecule has 0 radical (unpaired) electrons. The average Bonchev–Trinajstić information content (AvgIpc) is 2.40. The van der Waals surface area contributed by atoms with Crippen LogP contribution in [0.3, 0.4) is 0 Å². The lowest BCUT2D eigenvalue weighted by Crippen LogP contribution is -2.15. The fraction of sp³-hybridized carbons (Fsp3) is 0.0769. The Hall–Kier alpha value is -2.20. The molecule has 0 amide bonds. The fourth-order valence-electron chi connectivity index (χ4n) is 0.957. The Balaban J connectivity index is 0.00000121. The molecule has 0 aromatic heterocycles. The maximum absolute atomic E-state index is 7.69. The lowest BCUT2D eigenvalue weighted by Gasteiger charge is -2.01. The van der Waals surface area contributed by atoms with E-state index >= 15 is 0 Å². The van der Waals surface area contributed by atoms with Crippen molar-refractivity contribution in [3.8, 4) is 0 Å². The van der Waals surface area contributed by atoms with Crippen LogP contribution in [0.1, 0.15) is 5.56 Å². The molecule has 5 N–H and O–H groups in total. The molecule has 1 aromatic carbocycles. The van der Waals surface area contributed by atoms with Crippen molar-refractivity contribution in [2.45, 2.75) is 0 Å². The van der Waals surface area contributed by atoms with Crippen molar-refractivity contribution < 1.29 is 0 Å². The molecular formula is C13H18N4. The van der Waals surface area contributed by atoms with Gasteiger partial charge in [0.2, 0.25) is 0 Å². The molecule has 0 unspecified atom stereocenters. The number of rotatable bonds is 3. The van der Waals surface area contributed by atoms with Crippen molar-refractivity contribution in [3.63, 3.8) is 0 Å². The van der Waals surface area contributed by atoms with Crippen LogP contribution in [0.2, 0.25) is 0 Å². The number of hydrogen-bond acceptors (Lipinski definition) is 2. The number of benzene rings is 1.